The fourth-order valence-corrected chi connectivity index (χ4v) is 1.51. The van der Waals surface area contributed by atoms with E-state index < -0.39 is 0 Å². The first-order valence-corrected chi connectivity index (χ1v) is 7.81. The van der Waals surface area contributed by atoms with Crippen LogP contribution in [0.1, 0.15) is 55.4 Å². The van der Waals surface area contributed by atoms with E-state index in [1.165, 1.54) is 0 Å². The van der Waals surface area contributed by atoms with Crippen LogP contribution in [0.25, 0.3) is 0 Å². The first kappa shape index (κ1) is 20.4. The number of carbonyl (C=O) groups is 1. The zero-order valence-corrected chi connectivity index (χ0v) is 15.1. The number of rotatable bonds is 10. The van der Waals surface area contributed by atoms with E-state index in [4.69, 9.17) is 14.2 Å². The average Bonchev–Trinajstić information content (AvgIpc) is 2.33. The van der Waals surface area contributed by atoms with Gasteiger partial charge in [0, 0.05) is 10.8 Å². The van der Waals surface area contributed by atoms with Gasteiger partial charge in [0.05, 0.1) is 38.4 Å². The highest BCUT2D eigenvalue weighted by Gasteiger charge is 2.25. The smallest absolute Gasteiger partial charge is 0.308 e. The Morgan fingerprint density at radius 1 is 0.857 bits per heavy atom. The third kappa shape index (κ3) is 10.7. The zero-order valence-electron chi connectivity index (χ0n) is 15.1. The molecule has 0 spiro atoms. The first-order chi connectivity index (χ1) is 9.45. The highest BCUT2D eigenvalue weighted by atomic mass is 16.5. The molecule has 0 aromatic carbocycles. The molecular formula is C17H34O4. The van der Waals surface area contributed by atoms with Gasteiger partial charge in [-0.05, 0) is 13.8 Å². The van der Waals surface area contributed by atoms with Crippen LogP contribution in [0.15, 0.2) is 0 Å². The van der Waals surface area contributed by atoms with Gasteiger partial charge in [-0.2, -0.15) is 0 Å². The van der Waals surface area contributed by atoms with Gasteiger partial charge >= 0.3 is 5.97 Å². The topological polar surface area (TPSA) is 44.8 Å². The van der Waals surface area contributed by atoms with E-state index in [1.807, 2.05) is 41.5 Å². The number of carbonyl (C=O) groups excluding carboxylic acids is 1. The Morgan fingerprint density at radius 3 is 1.76 bits per heavy atom. The Hall–Kier alpha value is -0.610. The van der Waals surface area contributed by atoms with Gasteiger partial charge in [0.25, 0.3) is 0 Å². The standard InChI is InChI=1S/C17H34O4/c1-13(2)15(18)21-12-17(7,8)10-19-9-16(5,6)11-20-14(3)4/h13-14H,9-12H2,1-8H3. The summed E-state index contributed by atoms with van der Waals surface area (Å²) in [5, 5.41) is 0. The molecule has 0 aliphatic rings. The molecule has 4 nitrogen and oxygen atoms in total. The summed E-state index contributed by atoms with van der Waals surface area (Å²) in [6.07, 6.45) is 0.233. The third-order valence-electron chi connectivity index (χ3n) is 2.87. The van der Waals surface area contributed by atoms with E-state index in [0.29, 0.717) is 26.4 Å². The highest BCUT2D eigenvalue weighted by molar-refractivity contribution is 5.71. The summed E-state index contributed by atoms with van der Waals surface area (Å²) in [5.74, 6) is -0.248. The molecule has 0 radical (unpaired) electrons. The second kappa shape index (κ2) is 8.74. The molecule has 0 saturated carbocycles. The molecule has 0 rings (SSSR count). The monoisotopic (exact) mass is 302 g/mol. The van der Waals surface area contributed by atoms with Gasteiger partial charge in [-0.3, -0.25) is 4.79 Å². The number of hydrogen-bond donors (Lipinski definition) is 0. The fourth-order valence-electron chi connectivity index (χ4n) is 1.51. The lowest BCUT2D eigenvalue weighted by molar-refractivity contribution is -0.152. The van der Waals surface area contributed by atoms with Crippen molar-refractivity contribution < 1.29 is 19.0 Å². The molecule has 0 N–H and O–H groups in total. The van der Waals surface area contributed by atoms with E-state index in [2.05, 4.69) is 13.8 Å². The van der Waals surface area contributed by atoms with E-state index >= 15 is 0 Å². The van der Waals surface area contributed by atoms with Crippen LogP contribution in [0.3, 0.4) is 0 Å². The van der Waals surface area contributed by atoms with Crippen LogP contribution in [0.5, 0.6) is 0 Å². The van der Waals surface area contributed by atoms with Crippen molar-refractivity contribution >= 4 is 5.97 Å². The van der Waals surface area contributed by atoms with Gasteiger partial charge in [-0.15, -0.1) is 0 Å². The summed E-state index contributed by atoms with van der Waals surface area (Å²) in [7, 11) is 0. The average molecular weight is 302 g/mol. The summed E-state index contributed by atoms with van der Waals surface area (Å²) >= 11 is 0. The van der Waals surface area contributed by atoms with Crippen molar-refractivity contribution in [1.29, 1.82) is 0 Å². The van der Waals surface area contributed by atoms with Crippen molar-refractivity contribution in [1.82, 2.24) is 0 Å². The molecule has 0 amide bonds. The Bertz CT molecular complexity index is 306. The molecule has 126 valence electrons. The molecule has 0 fully saturated rings. The summed E-state index contributed by atoms with van der Waals surface area (Å²) in [6.45, 7) is 18.3. The molecule has 0 aromatic heterocycles. The van der Waals surface area contributed by atoms with Crippen molar-refractivity contribution in [2.24, 2.45) is 16.7 Å². The zero-order chi connectivity index (χ0) is 16.7. The lowest BCUT2D eigenvalue weighted by Crippen LogP contribution is -2.32. The minimum Gasteiger partial charge on any atom is -0.465 e. The minimum absolute atomic E-state index is 0.0189. The predicted octanol–water partition coefficient (Wildman–Crippen LogP) is 3.68. The normalized spacial score (nSPS) is 13.0. The molecule has 0 aliphatic carbocycles. The van der Waals surface area contributed by atoms with E-state index in [9.17, 15) is 4.79 Å². The number of hydrogen-bond acceptors (Lipinski definition) is 4. The number of ether oxygens (including phenoxy) is 3. The van der Waals surface area contributed by atoms with Crippen LogP contribution in [0.4, 0.5) is 0 Å². The Kier molecular flexibility index (Phi) is 8.49. The van der Waals surface area contributed by atoms with Crippen LogP contribution >= 0.6 is 0 Å². The van der Waals surface area contributed by atoms with Crippen LogP contribution in [0.2, 0.25) is 0 Å². The van der Waals surface area contributed by atoms with Crippen molar-refractivity contribution in [3.63, 3.8) is 0 Å². The fraction of sp³-hybridized carbons (Fsp3) is 0.941. The molecule has 0 heterocycles. The van der Waals surface area contributed by atoms with Gasteiger partial charge in [0.1, 0.15) is 0 Å². The molecule has 0 bridgehead atoms. The molecule has 0 atom stereocenters. The molecular weight excluding hydrogens is 268 g/mol. The molecule has 0 aromatic rings. The quantitative estimate of drug-likeness (QED) is 0.577. The minimum atomic E-state index is -0.181. The highest BCUT2D eigenvalue weighted by Crippen LogP contribution is 2.21. The Labute approximate surface area is 130 Å². The molecule has 21 heavy (non-hydrogen) atoms. The maximum atomic E-state index is 11.5. The molecule has 0 aliphatic heterocycles. The van der Waals surface area contributed by atoms with Crippen LogP contribution in [-0.2, 0) is 19.0 Å². The maximum absolute atomic E-state index is 11.5. The second-order valence-electron chi connectivity index (χ2n) is 7.94. The van der Waals surface area contributed by atoms with Gasteiger partial charge in [-0.1, -0.05) is 41.5 Å². The summed E-state index contributed by atoms with van der Waals surface area (Å²) < 4.78 is 16.7. The van der Waals surface area contributed by atoms with Crippen molar-refractivity contribution in [3.8, 4) is 0 Å². The van der Waals surface area contributed by atoms with Gasteiger partial charge in [0.15, 0.2) is 0 Å². The Balaban J connectivity index is 4.05. The summed E-state index contributed by atoms with van der Waals surface area (Å²) in [6, 6.07) is 0. The van der Waals surface area contributed by atoms with E-state index in [-0.39, 0.29) is 28.8 Å². The SMILES string of the molecule is CC(C)OCC(C)(C)COCC(C)(C)COC(=O)C(C)C. The van der Waals surface area contributed by atoms with Crippen molar-refractivity contribution in [3.05, 3.63) is 0 Å². The molecule has 0 saturated heterocycles. The first-order valence-electron chi connectivity index (χ1n) is 7.81. The Morgan fingerprint density at radius 2 is 1.33 bits per heavy atom. The van der Waals surface area contributed by atoms with Crippen LogP contribution < -0.4 is 0 Å². The lowest BCUT2D eigenvalue weighted by atomic mass is 9.94. The van der Waals surface area contributed by atoms with Gasteiger partial charge in [-0.25, -0.2) is 0 Å². The van der Waals surface area contributed by atoms with Gasteiger partial charge in [0.2, 0.25) is 0 Å². The number of esters is 1. The van der Waals surface area contributed by atoms with E-state index in [1.54, 1.807) is 0 Å². The maximum Gasteiger partial charge on any atom is 0.308 e. The summed E-state index contributed by atoms with van der Waals surface area (Å²) in [4.78, 5) is 11.5. The van der Waals surface area contributed by atoms with Gasteiger partial charge < -0.3 is 14.2 Å². The summed E-state index contributed by atoms with van der Waals surface area (Å²) in [5.41, 5.74) is -0.200. The van der Waals surface area contributed by atoms with Crippen molar-refractivity contribution in [2.45, 2.75) is 61.5 Å². The largest absolute Gasteiger partial charge is 0.465 e. The van der Waals surface area contributed by atoms with E-state index in [0.717, 1.165) is 0 Å². The molecule has 4 heteroatoms. The second-order valence-corrected chi connectivity index (χ2v) is 7.94. The van der Waals surface area contributed by atoms with Crippen LogP contribution in [0, 0.1) is 16.7 Å². The lowest BCUT2D eigenvalue weighted by Gasteiger charge is -2.29. The van der Waals surface area contributed by atoms with Crippen LogP contribution in [-0.4, -0.2) is 38.5 Å². The molecule has 0 unspecified atom stereocenters. The third-order valence-corrected chi connectivity index (χ3v) is 2.87. The van der Waals surface area contributed by atoms with Crippen molar-refractivity contribution in [2.75, 3.05) is 26.4 Å². The predicted molar refractivity (Wildman–Crippen MR) is 85.3 cm³/mol.